The topological polar surface area (TPSA) is 52.6 Å². The summed E-state index contributed by atoms with van der Waals surface area (Å²) in [4.78, 5) is 23.2. The van der Waals surface area contributed by atoms with Crippen LogP contribution in [0.15, 0.2) is 12.2 Å². The van der Waals surface area contributed by atoms with Crippen molar-refractivity contribution in [3.63, 3.8) is 0 Å². The van der Waals surface area contributed by atoms with E-state index in [1.165, 1.54) is 115 Å². The van der Waals surface area contributed by atoms with E-state index in [1.807, 2.05) is 0 Å². The summed E-state index contributed by atoms with van der Waals surface area (Å²) in [5, 5.41) is 0. The number of carbonyl (C=O) groups excluding carboxylic acids is 2. The van der Waals surface area contributed by atoms with Crippen molar-refractivity contribution in [2.75, 3.05) is 13.2 Å². The lowest BCUT2D eigenvalue weighted by molar-refractivity contribution is -0.140. The molecule has 0 aliphatic heterocycles. The lowest BCUT2D eigenvalue weighted by Crippen LogP contribution is -2.06. The first kappa shape index (κ1) is 30.7. The fraction of sp³-hybridized carbons (Fsp3) is 0.857. The lowest BCUT2D eigenvalue weighted by atomic mass is 10.0. The molecule has 0 rings (SSSR count). The van der Waals surface area contributed by atoms with Gasteiger partial charge in [-0.15, -0.1) is 0 Å². The van der Waals surface area contributed by atoms with Crippen molar-refractivity contribution >= 4 is 11.9 Å². The van der Waals surface area contributed by atoms with Crippen molar-refractivity contribution in [3.05, 3.63) is 12.2 Å². The zero-order valence-electron chi connectivity index (χ0n) is 21.3. The van der Waals surface area contributed by atoms with Gasteiger partial charge in [0.15, 0.2) is 0 Å². The maximum Gasteiger partial charge on any atom is 0.331 e. The van der Waals surface area contributed by atoms with Gasteiger partial charge in [0.2, 0.25) is 0 Å². The first-order chi connectivity index (χ1) is 15.7. The fourth-order valence-corrected chi connectivity index (χ4v) is 3.76. The number of rotatable bonds is 24. The van der Waals surface area contributed by atoms with Crippen LogP contribution < -0.4 is 0 Å². The minimum atomic E-state index is -0.468. The van der Waals surface area contributed by atoms with Crippen molar-refractivity contribution in [3.8, 4) is 0 Å². The summed E-state index contributed by atoms with van der Waals surface area (Å²) in [6.07, 6.45) is 27.6. The van der Waals surface area contributed by atoms with Crippen molar-refractivity contribution in [2.24, 2.45) is 0 Å². The molecule has 0 aromatic rings. The summed E-state index contributed by atoms with van der Waals surface area (Å²) in [7, 11) is 0. The second-order valence-electron chi connectivity index (χ2n) is 9.03. The molecule has 4 heteroatoms. The van der Waals surface area contributed by atoms with E-state index in [9.17, 15) is 9.59 Å². The van der Waals surface area contributed by atoms with E-state index in [-0.39, 0.29) is 0 Å². The molecule has 0 unspecified atom stereocenters. The lowest BCUT2D eigenvalue weighted by Gasteiger charge is -2.04. The largest absolute Gasteiger partial charge is 0.463 e. The van der Waals surface area contributed by atoms with Crippen LogP contribution in [0.5, 0.6) is 0 Å². The molecule has 0 N–H and O–H groups in total. The Morgan fingerprint density at radius 2 is 0.688 bits per heavy atom. The van der Waals surface area contributed by atoms with E-state index in [0.717, 1.165) is 25.7 Å². The first-order valence-electron chi connectivity index (χ1n) is 13.7. The van der Waals surface area contributed by atoms with Gasteiger partial charge in [0, 0.05) is 12.2 Å². The summed E-state index contributed by atoms with van der Waals surface area (Å²) < 4.78 is 10.2. The van der Waals surface area contributed by atoms with Gasteiger partial charge < -0.3 is 9.47 Å². The Hall–Kier alpha value is -1.32. The number of hydrogen-bond donors (Lipinski definition) is 0. The molecule has 0 atom stereocenters. The zero-order valence-corrected chi connectivity index (χ0v) is 21.3. The van der Waals surface area contributed by atoms with Crippen LogP contribution in [0, 0.1) is 0 Å². The molecule has 0 aromatic carbocycles. The number of carbonyl (C=O) groups is 2. The van der Waals surface area contributed by atoms with Crippen LogP contribution in [-0.4, -0.2) is 25.2 Å². The van der Waals surface area contributed by atoms with E-state index < -0.39 is 11.9 Å². The molecule has 0 saturated heterocycles. The number of ether oxygens (including phenoxy) is 2. The predicted molar refractivity (Wildman–Crippen MR) is 135 cm³/mol. The number of hydrogen-bond acceptors (Lipinski definition) is 4. The highest BCUT2D eigenvalue weighted by Crippen LogP contribution is 2.13. The third kappa shape index (κ3) is 24.9. The van der Waals surface area contributed by atoms with E-state index in [1.54, 1.807) is 0 Å². The van der Waals surface area contributed by atoms with E-state index >= 15 is 0 Å². The summed E-state index contributed by atoms with van der Waals surface area (Å²) in [6.45, 7) is 5.28. The van der Waals surface area contributed by atoms with Crippen LogP contribution in [0.3, 0.4) is 0 Å². The monoisotopic (exact) mass is 452 g/mol. The molecular formula is C28H52O4. The quantitative estimate of drug-likeness (QED) is 0.0837. The fourth-order valence-electron chi connectivity index (χ4n) is 3.76. The average molecular weight is 453 g/mol. The second kappa shape index (κ2) is 25.9. The maximum atomic E-state index is 11.6. The Balaban J connectivity index is 3.33. The van der Waals surface area contributed by atoms with Crippen LogP contribution in [-0.2, 0) is 19.1 Å². The van der Waals surface area contributed by atoms with Gasteiger partial charge in [0.25, 0.3) is 0 Å². The van der Waals surface area contributed by atoms with Gasteiger partial charge in [-0.2, -0.15) is 0 Å². The van der Waals surface area contributed by atoms with Gasteiger partial charge in [-0.1, -0.05) is 129 Å². The van der Waals surface area contributed by atoms with Gasteiger partial charge in [-0.3, -0.25) is 0 Å². The standard InChI is InChI=1S/C28H52O4/c1-3-5-7-9-10-11-12-13-14-15-16-17-18-20-22-26-32-28(30)24-23-27(29)31-25-21-19-8-6-4-2/h23-24H,3-22,25-26H2,1-2H3/b24-23+. The van der Waals surface area contributed by atoms with Gasteiger partial charge in [0.1, 0.15) is 0 Å². The highest BCUT2D eigenvalue weighted by atomic mass is 16.5. The van der Waals surface area contributed by atoms with Crippen LogP contribution in [0.25, 0.3) is 0 Å². The van der Waals surface area contributed by atoms with Crippen molar-refractivity contribution < 1.29 is 19.1 Å². The van der Waals surface area contributed by atoms with Crippen LogP contribution >= 0.6 is 0 Å². The van der Waals surface area contributed by atoms with Gasteiger partial charge in [-0.25, -0.2) is 9.59 Å². The Bertz CT molecular complexity index is 445. The van der Waals surface area contributed by atoms with E-state index in [4.69, 9.17) is 9.47 Å². The van der Waals surface area contributed by atoms with Crippen molar-refractivity contribution in [1.29, 1.82) is 0 Å². The number of esters is 2. The minimum Gasteiger partial charge on any atom is -0.463 e. The maximum absolute atomic E-state index is 11.6. The van der Waals surface area contributed by atoms with Crippen LogP contribution in [0.2, 0.25) is 0 Å². The molecule has 0 aliphatic rings. The molecule has 188 valence electrons. The molecule has 0 saturated carbocycles. The summed E-state index contributed by atoms with van der Waals surface area (Å²) in [5.74, 6) is -0.931. The molecule has 0 aliphatic carbocycles. The molecule has 0 fully saturated rings. The van der Waals surface area contributed by atoms with Gasteiger partial charge in [0.05, 0.1) is 13.2 Å². The molecule has 0 heterocycles. The predicted octanol–water partition coefficient (Wildman–Crippen LogP) is 8.47. The molecule has 32 heavy (non-hydrogen) atoms. The normalized spacial score (nSPS) is 11.2. The Morgan fingerprint density at radius 3 is 0.969 bits per heavy atom. The Kier molecular flexibility index (Phi) is 24.9. The molecule has 0 aromatic heterocycles. The highest BCUT2D eigenvalue weighted by Gasteiger charge is 2.01. The molecule has 4 nitrogen and oxygen atoms in total. The summed E-state index contributed by atoms with van der Waals surface area (Å²) >= 11 is 0. The molecule has 0 bridgehead atoms. The molecule has 0 radical (unpaired) electrons. The number of unbranched alkanes of at least 4 members (excludes halogenated alkanes) is 18. The summed E-state index contributed by atoms with van der Waals surface area (Å²) in [5.41, 5.74) is 0. The smallest absolute Gasteiger partial charge is 0.331 e. The first-order valence-corrected chi connectivity index (χ1v) is 13.7. The highest BCUT2D eigenvalue weighted by molar-refractivity contribution is 5.91. The van der Waals surface area contributed by atoms with Gasteiger partial charge >= 0.3 is 11.9 Å². The van der Waals surface area contributed by atoms with E-state index in [2.05, 4.69) is 13.8 Å². The van der Waals surface area contributed by atoms with Crippen LogP contribution in [0.4, 0.5) is 0 Å². The molecule has 0 spiro atoms. The Morgan fingerprint density at radius 1 is 0.438 bits per heavy atom. The zero-order chi connectivity index (χ0) is 23.5. The Labute approximate surface area is 198 Å². The third-order valence-corrected chi connectivity index (χ3v) is 5.84. The van der Waals surface area contributed by atoms with Crippen LogP contribution in [0.1, 0.15) is 142 Å². The molecule has 0 amide bonds. The average Bonchev–Trinajstić information content (AvgIpc) is 2.79. The summed E-state index contributed by atoms with van der Waals surface area (Å²) in [6, 6.07) is 0. The second-order valence-corrected chi connectivity index (χ2v) is 9.03. The SMILES string of the molecule is CCCCCCCCCCCCCCCCCOC(=O)/C=C/C(=O)OCCCCCCC. The van der Waals surface area contributed by atoms with Crippen molar-refractivity contribution in [2.45, 2.75) is 142 Å². The minimum absolute atomic E-state index is 0.418. The van der Waals surface area contributed by atoms with Crippen molar-refractivity contribution in [1.82, 2.24) is 0 Å². The van der Waals surface area contributed by atoms with Gasteiger partial charge in [-0.05, 0) is 12.8 Å². The van der Waals surface area contributed by atoms with E-state index in [0.29, 0.717) is 13.2 Å². The molecular weight excluding hydrogens is 400 g/mol. The third-order valence-electron chi connectivity index (χ3n) is 5.84.